The fraction of sp³-hybridized carbons (Fsp3) is 1.00. The number of halogens is 1. The Morgan fingerprint density at radius 2 is 1.78 bits per heavy atom. The summed E-state index contributed by atoms with van der Waals surface area (Å²) in [5.74, 6) is 0. The standard InChI is InChI=1S/C4H11BrO2Si.Mg.2H/c1-6-4(5,7-2)8-3;;;/h8H2,1-3H3;;;/q;+2;2*-1. The van der Waals surface area contributed by atoms with E-state index in [1.807, 2.05) is 0 Å². The van der Waals surface area contributed by atoms with Gasteiger partial charge in [0.15, 0.2) is 4.32 Å². The molecule has 0 aliphatic carbocycles. The third-order valence-corrected chi connectivity index (χ3v) is 4.78. The van der Waals surface area contributed by atoms with E-state index in [0.29, 0.717) is 0 Å². The molecule has 0 amide bonds. The molecule has 0 fully saturated rings. The largest absolute Gasteiger partial charge is 2.00 e. The average Bonchev–Trinajstić information content (AvgIpc) is 1.87. The van der Waals surface area contributed by atoms with E-state index >= 15 is 0 Å². The van der Waals surface area contributed by atoms with E-state index in [1.54, 1.807) is 14.2 Å². The molecule has 0 atom stereocenters. The SMILES string of the molecule is COC(Br)(OC)[SiH2]C.[H-].[H-].[Mg+2]. The summed E-state index contributed by atoms with van der Waals surface area (Å²) in [6.07, 6.45) is 0. The van der Waals surface area contributed by atoms with Crippen molar-refractivity contribution in [1.82, 2.24) is 0 Å². The van der Waals surface area contributed by atoms with Crippen LogP contribution in [0.4, 0.5) is 0 Å². The summed E-state index contributed by atoms with van der Waals surface area (Å²) in [6.45, 7) is 2.11. The minimum Gasteiger partial charge on any atom is -1.00 e. The van der Waals surface area contributed by atoms with Crippen LogP contribution in [0.3, 0.4) is 0 Å². The summed E-state index contributed by atoms with van der Waals surface area (Å²) in [7, 11) is 2.97. The maximum atomic E-state index is 4.99. The molecule has 0 aromatic rings. The fourth-order valence-corrected chi connectivity index (χ4v) is 0.949. The summed E-state index contributed by atoms with van der Waals surface area (Å²) >= 11 is 3.30. The van der Waals surface area contributed by atoms with E-state index < -0.39 is 4.32 Å². The molecule has 5 heteroatoms. The number of methoxy groups -OCH3 is 2. The van der Waals surface area contributed by atoms with Crippen LogP contribution in [-0.2, 0) is 9.47 Å². The van der Waals surface area contributed by atoms with Gasteiger partial charge in [-0.25, -0.2) is 0 Å². The van der Waals surface area contributed by atoms with Crippen molar-refractivity contribution >= 4 is 48.5 Å². The van der Waals surface area contributed by atoms with Crippen LogP contribution < -0.4 is 0 Å². The zero-order valence-corrected chi connectivity index (χ0v) is 10.5. The smallest absolute Gasteiger partial charge is 1.00 e. The number of ether oxygens (including phenoxy) is 2. The van der Waals surface area contributed by atoms with Crippen LogP contribution in [0.25, 0.3) is 0 Å². The molecular formula is C4H13BrMgO2Si. The van der Waals surface area contributed by atoms with Crippen molar-refractivity contribution in [2.75, 3.05) is 14.2 Å². The summed E-state index contributed by atoms with van der Waals surface area (Å²) in [5.41, 5.74) is 0. The Morgan fingerprint density at radius 1 is 1.44 bits per heavy atom. The first-order chi connectivity index (χ1) is 3.68. The molecule has 9 heavy (non-hydrogen) atoms. The third kappa shape index (κ3) is 4.74. The van der Waals surface area contributed by atoms with Gasteiger partial charge < -0.3 is 12.3 Å². The van der Waals surface area contributed by atoms with Gasteiger partial charge >= 0.3 is 23.1 Å². The van der Waals surface area contributed by atoms with E-state index in [9.17, 15) is 0 Å². The van der Waals surface area contributed by atoms with Crippen molar-refractivity contribution in [3.8, 4) is 0 Å². The Hall–Kier alpha value is 1.38. The van der Waals surface area contributed by atoms with Gasteiger partial charge in [0.1, 0.15) is 9.52 Å². The molecule has 0 spiro atoms. The van der Waals surface area contributed by atoms with Crippen LogP contribution in [0.1, 0.15) is 2.85 Å². The third-order valence-electron chi connectivity index (χ3n) is 1.03. The summed E-state index contributed by atoms with van der Waals surface area (Å²) in [6, 6.07) is 0. The molecule has 0 saturated carbocycles. The molecule has 2 nitrogen and oxygen atoms in total. The number of hydrogen-bond donors (Lipinski definition) is 0. The van der Waals surface area contributed by atoms with Gasteiger partial charge in [-0.05, 0) is 15.9 Å². The molecule has 0 aliphatic rings. The van der Waals surface area contributed by atoms with Crippen molar-refractivity contribution in [2.24, 2.45) is 0 Å². The first-order valence-electron chi connectivity index (χ1n) is 2.47. The predicted octanol–water partition coefficient (Wildman–Crippen LogP) is 0.346. The van der Waals surface area contributed by atoms with Crippen molar-refractivity contribution < 1.29 is 12.3 Å². The van der Waals surface area contributed by atoms with Crippen LogP contribution in [0.15, 0.2) is 0 Å². The maximum Gasteiger partial charge on any atom is 2.00 e. The number of alkyl halides is 1. The van der Waals surface area contributed by atoms with Crippen molar-refractivity contribution in [1.29, 1.82) is 0 Å². The first-order valence-corrected chi connectivity index (χ1v) is 5.39. The molecule has 0 aromatic heterocycles. The average molecular weight is 225 g/mol. The van der Waals surface area contributed by atoms with E-state index in [-0.39, 0.29) is 35.4 Å². The molecular weight excluding hydrogens is 212 g/mol. The Bertz CT molecular complexity index is 68.8. The zero-order chi connectivity index (χ0) is 6.62. The minimum absolute atomic E-state index is 0. The molecule has 0 aromatic carbocycles. The van der Waals surface area contributed by atoms with Gasteiger partial charge in [-0.2, -0.15) is 0 Å². The fourth-order valence-electron chi connectivity index (χ4n) is 0.372. The quantitative estimate of drug-likeness (QED) is 0.392. The van der Waals surface area contributed by atoms with E-state index in [4.69, 9.17) is 9.47 Å². The molecule has 0 unspecified atom stereocenters. The molecule has 0 bridgehead atoms. The Morgan fingerprint density at radius 3 is 1.78 bits per heavy atom. The van der Waals surface area contributed by atoms with Crippen molar-refractivity contribution in [2.45, 2.75) is 10.9 Å². The van der Waals surface area contributed by atoms with E-state index in [0.717, 1.165) is 0 Å². The first kappa shape index (κ1) is 13.0. The molecule has 0 aliphatic heterocycles. The molecule has 0 rings (SSSR count). The van der Waals surface area contributed by atoms with Crippen LogP contribution in [-0.4, -0.2) is 51.1 Å². The van der Waals surface area contributed by atoms with E-state index in [1.165, 1.54) is 0 Å². The minimum atomic E-state index is -0.424. The Labute approximate surface area is 85.7 Å². The number of hydrogen-bond acceptors (Lipinski definition) is 2. The maximum absolute atomic E-state index is 4.99. The zero-order valence-electron chi connectivity index (χ0n) is 8.11. The van der Waals surface area contributed by atoms with Gasteiger partial charge in [-0.1, -0.05) is 6.55 Å². The van der Waals surface area contributed by atoms with Gasteiger partial charge in [-0.15, -0.1) is 0 Å². The summed E-state index contributed by atoms with van der Waals surface area (Å²) in [5, 5.41) is 0. The van der Waals surface area contributed by atoms with Crippen LogP contribution in [0.5, 0.6) is 0 Å². The van der Waals surface area contributed by atoms with Crippen LogP contribution >= 0.6 is 15.9 Å². The van der Waals surface area contributed by atoms with Gasteiger partial charge in [-0.3, -0.25) is 0 Å². The molecule has 0 radical (unpaired) electrons. The van der Waals surface area contributed by atoms with Crippen molar-refractivity contribution in [3.05, 3.63) is 0 Å². The van der Waals surface area contributed by atoms with Crippen LogP contribution in [0, 0.1) is 0 Å². The monoisotopic (exact) mass is 224 g/mol. The molecule has 0 saturated heterocycles. The van der Waals surface area contributed by atoms with Gasteiger partial charge in [0.2, 0.25) is 0 Å². The Balaban J connectivity index is -0.0000000817. The topological polar surface area (TPSA) is 18.5 Å². The van der Waals surface area contributed by atoms with E-state index in [2.05, 4.69) is 22.5 Å². The van der Waals surface area contributed by atoms with Crippen LogP contribution in [0.2, 0.25) is 6.55 Å². The summed E-state index contributed by atoms with van der Waals surface area (Å²) < 4.78 is 9.56. The van der Waals surface area contributed by atoms with Crippen molar-refractivity contribution in [3.63, 3.8) is 0 Å². The Kier molecular flexibility index (Phi) is 8.84. The van der Waals surface area contributed by atoms with Gasteiger partial charge in [0, 0.05) is 14.2 Å². The second-order valence-corrected chi connectivity index (χ2v) is 5.30. The summed E-state index contributed by atoms with van der Waals surface area (Å²) in [4.78, 5) is 0. The molecule has 0 heterocycles. The second-order valence-electron chi connectivity index (χ2n) is 1.42. The second kappa shape index (κ2) is 6.12. The number of rotatable bonds is 3. The molecule has 54 valence electrons. The molecule has 0 N–H and O–H groups in total. The predicted molar refractivity (Wildman–Crippen MR) is 48.1 cm³/mol. The normalized spacial score (nSPS) is 12.0. The van der Waals surface area contributed by atoms with Gasteiger partial charge in [0.25, 0.3) is 0 Å². The van der Waals surface area contributed by atoms with Gasteiger partial charge in [0.05, 0.1) is 0 Å².